The summed E-state index contributed by atoms with van der Waals surface area (Å²) in [6.45, 7) is 0. The molecule has 0 bridgehead atoms. The van der Waals surface area contributed by atoms with E-state index < -0.39 is 0 Å². The quantitative estimate of drug-likeness (QED) is 0.446. The Kier molecular flexibility index (Phi) is 3.94. The molecule has 0 radical (unpaired) electrons. The number of aromatic nitrogens is 6. The first-order valence-electron chi connectivity index (χ1n) is 9.25. The van der Waals surface area contributed by atoms with Crippen molar-refractivity contribution in [2.45, 2.75) is 6.42 Å². The molecule has 0 saturated heterocycles. The number of ketones is 1. The minimum atomic E-state index is 0.0268. The normalized spacial score (nSPS) is 11.4. The highest BCUT2D eigenvalue weighted by atomic mass is 16.1. The van der Waals surface area contributed by atoms with Crippen LogP contribution in [0.5, 0.6) is 0 Å². The van der Waals surface area contributed by atoms with Crippen molar-refractivity contribution in [3.63, 3.8) is 0 Å². The van der Waals surface area contributed by atoms with E-state index in [1.807, 2.05) is 57.0 Å². The molecular weight excluding hydrogens is 364 g/mol. The Bertz CT molecular complexity index is 1380. The van der Waals surface area contributed by atoms with Gasteiger partial charge in [-0.05, 0) is 30.3 Å². The maximum absolute atomic E-state index is 12.8. The van der Waals surface area contributed by atoms with Crippen LogP contribution in [0, 0.1) is 0 Å². The highest BCUT2D eigenvalue weighted by Gasteiger charge is 2.11. The fraction of sp³-hybridized carbons (Fsp3) is 0.136. The van der Waals surface area contributed by atoms with E-state index in [4.69, 9.17) is 0 Å². The molecule has 0 aliphatic rings. The third-order valence-electron chi connectivity index (χ3n) is 5.07. The molecule has 4 heterocycles. The zero-order chi connectivity index (χ0) is 20.0. The first-order valence-corrected chi connectivity index (χ1v) is 9.25. The zero-order valence-corrected chi connectivity index (χ0v) is 16.1. The summed E-state index contributed by atoms with van der Waals surface area (Å²) in [6.07, 6.45) is 9.29. The Balaban J connectivity index is 1.45. The van der Waals surface area contributed by atoms with Gasteiger partial charge >= 0.3 is 0 Å². The number of rotatable bonds is 4. The van der Waals surface area contributed by atoms with Gasteiger partial charge in [0.15, 0.2) is 5.78 Å². The molecule has 29 heavy (non-hydrogen) atoms. The van der Waals surface area contributed by atoms with Gasteiger partial charge in [-0.1, -0.05) is 0 Å². The molecular formula is C22H18N6O. The maximum atomic E-state index is 12.8. The van der Waals surface area contributed by atoms with E-state index in [9.17, 15) is 4.79 Å². The van der Waals surface area contributed by atoms with Crippen LogP contribution in [0.15, 0.2) is 61.3 Å². The summed E-state index contributed by atoms with van der Waals surface area (Å²) in [6, 6.07) is 9.64. The van der Waals surface area contributed by atoms with Crippen LogP contribution in [0.4, 0.5) is 0 Å². The summed E-state index contributed by atoms with van der Waals surface area (Å²) in [5.74, 6) is 0.0268. The van der Waals surface area contributed by atoms with Crippen LogP contribution >= 0.6 is 0 Å². The Labute approximate surface area is 166 Å². The summed E-state index contributed by atoms with van der Waals surface area (Å²) in [4.78, 5) is 21.7. The lowest BCUT2D eigenvalue weighted by molar-refractivity contribution is 0.0992. The third-order valence-corrected chi connectivity index (χ3v) is 5.07. The molecule has 4 aromatic heterocycles. The van der Waals surface area contributed by atoms with Crippen molar-refractivity contribution in [3.05, 3.63) is 72.6 Å². The van der Waals surface area contributed by atoms with Gasteiger partial charge in [0, 0.05) is 59.6 Å². The number of Topliss-reactive ketones (excluding diaryl/α,β-unsaturated/α-hetero) is 1. The molecule has 0 spiro atoms. The number of nitrogens with zero attached hydrogens (tertiary/aromatic N) is 6. The van der Waals surface area contributed by atoms with Gasteiger partial charge in [-0.2, -0.15) is 10.2 Å². The van der Waals surface area contributed by atoms with Gasteiger partial charge in [-0.3, -0.25) is 24.1 Å². The molecule has 0 N–H and O–H groups in total. The summed E-state index contributed by atoms with van der Waals surface area (Å²) < 4.78 is 3.55. The number of carbonyl (C=O) groups excluding carboxylic acids is 1. The second kappa shape index (κ2) is 6.63. The van der Waals surface area contributed by atoms with Crippen LogP contribution in [-0.2, 0) is 20.5 Å². The number of carbonyl (C=O) groups is 1. The van der Waals surface area contributed by atoms with Crippen molar-refractivity contribution in [1.82, 2.24) is 29.5 Å². The lowest BCUT2D eigenvalue weighted by Gasteiger charge is -2.05. The molecule has 1 aromatic carbocycles. The maximum Gasteiger partial charge on any atom is 0.168 e. The van der Waals surface area contributed by atoms with Crippen LogP contribution in [0.2, 0.25) is 0 Å². The van der Waals surface area contributed by atoms with E-state index in [2.05, 4.69) is 26.2 Å². The average molecular weight is 382 g/mol. The molecule has 7 nitrogen and oxygen atoms in total. The molecule has 0 aliphatic heterocycles. The van der Waals surface area contributed by atoms with E-state index >= 15 is 0 Å². The fourth-order valence-corrected chi connectivity index (χ4v) is 3.51. The summed E-state index contributed by atoms with van der Waals surface area (Å²) in [5.41, 5.74) is 5.16. The number of pyridine rings is 2. The standard InChI is InChI=1S/C22H18N6O/c1-27-13-18(11-25-27)16-6-15-7-19(23-12-20(15)24-9-16)8-22(29)14-3-4-21-17(5-14)10-26-28(21)2/h3-7,9-13H,8H2,1-2H3. The third kappa shape index (κ3) is 3.16. The summed E-state index contributed by atoms with van der Waals surface area (Å²) in [7, 11) is 3.77. The van der Waals surface area contributed by atoms with Gasteiger partial charge < -0.3 is 0 Å². The average Bonchev–Trinajstić information content (AvgIpc) is 3.33. The first-order chi connectivity index (χ1) is 14.1. The lowest BCUT2D eigenvalue weighted by atomic mass is 10.0. The number of hydrogen-bond donors (Lipinski definition) is 0. The minimum absolute atomic E-state index is 0.0268. The molecule has 7 heteroatoms. The van der Waals surface area contributed by atoms with E-state index in [-0.39, 0.29) is 12.2 Å². The summed E-state index contributed by atoms with van der Waals surface area (Å²) >= 11 is 0. The second-order valence-electron chi connectivity index (χ2n) is 7.14. The monoisotopic (exact) mass is 382 g/mol. The number of aryl methyl sites for hydroxylation is 2. The molecule has 0 atom stereocenters. The molecule has 0 fully saturated rings. The summed E-state index contributed by atoms with van der Waals surface area (Å²) in [5, 5.41) is 10.3. The molecule has 0 amide bonds. The van der Waals surface area contributed by atoms with Crippen LogP contribution in [-0.4, -0.2) is 35.3 Å². The van der Waals surface area contributed by atoms with Crippen LogP contribution in [0.1, 0.15) is 16.1 Å². The number of hydrogen-bond acceptors (Lipinski definition) is 5. The van der Waals surface area contributed by atoms with Gasteiger partial charge in [0.05, 0.1) is 36.0 Å². The Morgan fingerprint density at radius 3 is 2.62 bits per heavy atom. The Morgan fingerprint density at radius 2 is 1.79 bits per heavy atom. The van der Waals surface area contributed by atoms with Crippen molar-refractivity contribution in [3.8, 4) is 11.1 Å². The number of fused-ring (bicyclic) bond motifs is 2. The predicted molar refractivity (Wildman–Crippen MR) is 110 cm³/mol. The van der Waals surface area contributed by atoms with Crippen LogP contribution < -0.4 is 0 Å². The highest BCUT2D eigenvalue weighted by molar-refractivity contribution is 6.00. The number of benzene rings is 1. The van der Waals surface area contributed by atoms with Crippen molar-refractivity contribution in [2.24, 2.45) is 14.1 Å². The fourth-order valence-electron chi connectivity index (χ4n) is 3.51. The van der Waals surface area contributed by atoms with E-state index in [0.717, 1.165) is 38.6 Å². The Hall–Kier alpha value is -3.87. The molecule has 0 aliphatic carbocycles. The van der Waals surface area contributed by atoms with Crippen molar-refractivity contribution in [2.75, 3.05) is 0 Å². The van der Waals surface area contributed by atoms with E-state index in [1.54, 1.807) is 21.8 Å². The SMILES string of the molecule is Cn1cc(-c2cnc3cnc(CC(=O)c4ccc5c(cnn5C)c4)cc3c2)cn1. The van der Waals surface area contributed by atoms with E-state index in [1.165, 1.54) is 0 Å². The zero-order valence-electron chi connectivity index (χ0n) is 16.1. The van der Waals surface area contributed by atoms with Gasteiger partial charge in [0.1, 0.15) is 0 Å². The van der Waals surface area contributed by atoms with Crippen LogP contribution in [0.3, 0.4) is 0 Å². The van der Waals surface area contributed by atoms with Gasteiger partial charge in [-0.15, -0.1) is 0 Å². The van der Waals surface area contributed by atoms with Crippen molar-refractivity contribution >= 4 is 27.6 Å². The van der Waals surface area contributed by atoms with Crippen molar-refractivity contribution < 1.29 is 4.79 Å². The second-order valence-corrected chi connectivity index (χ2v) is 7.14. The van der Waals surface area contributed by atoms with Gasteiger partial charge in [-0.25, -0.2) is 0 Å². The molecule has 0 unspecified atom stereocenters. The molecule has 5 aromatic rings. The molecule has 5 rings (SSSR count). The predicted octanol–water partition coefficient (Wildman–Crippen LogP) is 3.34. The van der Waals surface area contributed by atoms with Crippen LogP contribution in [0.25, 0.3) is 32.9 Å². The first kappa shape index (κ1) is 17.2. The largest absolute Gasteiger partial charge is 0.294 e. The van der Waals surface area contributed by atoms with Crippen molar-refractivity contribution in [1.29, 1.82) is 0 Å². The minimum Gasteiger partial charge on any atom is -0.294 e. The Morgan fingerprint density at radius 1 is 0.897 bits per heavy atom. The molecule has 142 valence electrons. The lowest BCUT2D eigenvalue weighted by Crippen LogP contribution is -2.05. The highest BCUT2D eigenvalue weighted by Crippen LogP contribution is 2.23. The van der Waals surface area contributed by atoms with E-state index in [0.29, 0.717) is 5.56 Å². The molecule has 0 saturated carbocycles. The topological polar surface area (TPSA) is 78.5 Å². The van der Waals surface area contributed by atoms with Gasteiger partial charge in [0.25, 0.3) is 0 Å². The smallest absolute Gasteiger partial charge is 0.168 e. The van der Waals surface area contributed by atoms with Gasteiger partial charge in [0.2, 0.25) is 0 Å².